The van der Waals surface area contributed by atoms with Crippen molar-refractivity contribution < 1.29 is 23.9 Å². The van der Waals surface area contributed by atoms with Gasteiger partial charge < -0.3 is 20.1 Å². The van der Waals surface area contributed by atoms with E-state index < -0.39 is 35.7 Å². The summed E-state index contributed by atoms with van der Waals surface area (Å²) in [5, 5.41) is 5.30. The minimum absolute atomic E-state index is 0.293. The van der Waals surface area contributed by atoms with E-state index >= 15 is 0 Å². The van der Waals surface area contributed by atoms with Crippen LogP contribution in [0.5, 0.6) is 0 Å². The standard InChI is InChI=1S/C20H30N2O5S/c1-20(2,3)27-19(25)22-15(11-12-28-5)17(23)21-16(18(24)26-4)13-14-9-7-6-8-10-14/h6-10,15-16H,11-13H2,1-5H3,(H,21,23)(H,22,25)/t15-,16+/m0/s1. The molecule has 156 valence electrons. The van der Waals surface area contributed by atoms with Crippen LogP contribution in [-0.2, 0) is 25.5 Å². The molecule has 0 fully saturated rings. The topological polar surface area (TPSA) is 93.7 Å². The molecule has 8 heteroatoms. The van der Waals surface area contributed by atoms with Crippen molar-refractivity contribution in [3.63, 3.8) is 0 Å². The summed E-state index contributed by atoms with van der Waals surface area (Å²) in [5.74, 6) is -0.334. The molecule has 0 bridgehead atoms. The molecule has 1 aromatic carbocycles. The Balaban J connectivity index is 2.85. The molecule has 0 aliphatic rings. The van der Waals surface area contributed by atoms with Crippen molar-refractivity contribution in [2.24, 2.45) is 0 Å². The first-order valence-corrected chi connectivity index (χ1v) is 10.5. The first-order valence-electron chi connectivity index (χ1n) is 9.07. The summed E-state index contributed by atoms with van der Waals surface area (Å²) in [6.07, 6.45) is 1.94. The fourth-order valence-corrected chi connectivity index (χ4v) is 2.88. The average Bonchev–Trinajstić information content (AvgIpc) is 2.63. The van der Waals surface area contributed by atoms with E-state index in [2.05, 4.69) is 10.6 Å². The zero-order chi connectivity index (χ0) is 21.2. The number of esters is 1. The van der Waals surface area contributed by atoms with Crippen LogP contribution in [0.25, 0.3) is 0 Å². The van der Waals surface area contributed by atoms with Crippen molar-refractivity contribution in [3.05, 3.63) is 35.9 Å². The number of hydrogen-bond donors (Lipinski definition) is 2. The minimum Gasteiger partial charge on any atom is -0.467 e. The summed E-state index contributed by atoms with van der Waals surface area (Å²) in [5.41, 5.74) is 0.214. The summed E-state index contributed by atoms with van der Waals surface area (Å²) in [7, 11) is 1.27. The van der Waals surface area contributed by atoms with Gasteiger partial charge in [0.1, 0.15) is 17.7 Å². The molecule has 0 spiro atoms. The van der Waals surface area contributed by atoms with Crippen molar-refractivity contribution in [1.82, 2.24) is 10.6 Å². The van der Waals surface area contributed by atoms with Gasteiger partial charge in [-0.25, -0.2) is 9.59 Å². The number of nitrogens with one attached hydrogen (secondary N) is 2. The van der Waals surface area contributed by atoms with Crippen LogP contribution in [0.3, 0.4) is 0 Å². The molecule has 2 amide bonds. The van der Waals surface area contributed by atoms with Crippen LogP contribution in [0.1, 0.15) is 32.8 Å². The van der Waals surface area contributed by atoms with Crippen LogP contribution < -0.4 is 10.6 Å². The number of benzene rings is 1. The second-order valence-electron chi connectivity index (χ2n) is 7.25. The number of carbonyl (C=O) groups excluding carboxylic acids is 3. The lowest BCUT2D eigenvalue weighted by Crippen LogP contribution is -2.53. The fraction of sp³-hybridized carbons (Fsp3) is 0.550. The first kappa shape index (κ1) is 23.8. The Hall–Kier alpha value is -2.22. The molecule has 0 saturated carbocycles. The van der Waals surface area contributed by atoms with Gasteiger partial charge in [0.15, 0.2) is 0 Å². The van der Waals surface area contributed by atoms with Crippen molar-refractivity contribution in [3.8, 4) is 0 Å². The van der Waals surface area contributed by atoms with Crippen molar-refractivity contribution >= 4 is 29.7 Å². The van der Waals surface area contributed by atoms with Crippen LogP contribution in [0.15, 0.2) is 30.3 Å². The number of alkyl carbamates (subject to hydrolysis) is 1. The van der Waals surface area contributed by atoms with Crippen molar-refractivity contribution in [2.75, 3.05) is 19.1 Å². The molecule has 0 aliphatic carbocycles. The molecule has 2 N–H and O–H groups in total. The highest BCUT2D eigenvalue weighted by Crippen LogP contribution is 2.09. The van der Waals surface area contributed by atoms with Crippen LogP contribution in [0.2, 0.25) is 0 Å². The predicted octanol–water partition coefficient (Wildman–Crippen LogP) is 2.53. The predicted molar refractivity (Wildman–Crippen MR) is 110 cm³/mol. The lowest BCUT2D eigenvalue weighted by atomic mass is 10.1. The van der Waals surface area contributed by atoms with Crippen molar-refractivity contribution in [1.29, 1.82) is 0 Å². The maximum Gasteiger partial charge on any atom is 0.408 e. The van der Waals surface area contributed by atoms with E-state index in [0.717, 1.165) is 5.56 Å². The number of rotatable bonds is 9. The van der Waals surface area contributed by atoms with E-state index in [1.54, 1.807) is 32.5 Å². The van der Waals surface area contributed by atoms with Gasteiger partial charge in [-0.2, -0.15) is 11.8 Å². The molecule has 0 heterocycles. The first-order chi connectivity index (χ1) is 13.2. The molecule has 7 nitrogen and oxygen atoms in total. The molecular formula is C20H30N2O5S. The third kappa shape index (κ3) is 9.12. The number of methoxy groups -OCH3 is 1. The second kappa shape index (κ2) is 11.6. The number of amides is 2. The SMILES string of the molecule is COC(=O)[C@@H](Cc1ccccc1)NC(=O)[C@H](CCSC)NC(=O)OC(C)(C)C. The van der Waals surface area contributed by atoms with Gasteiger partial charge >= 0.3 is 12.1 Å². The fourth-order valence-electron chi connectivity index (χ4n) is 2.41. The summed E-state index contributed by atoms with van der Waals surface area (Å²) in [4.78, 5) is 37.0. The second-order valence-corrected chi connectivity index (χ2v) is 8.24. The van der Waals surface area contributed by atoms with Crippen LogP contribution in [-0.4, -0.2) is 54.8 Å². The average molecular weight is 411 g/mol. The Kier molecular flexibility index (Phi) is 9.85. The number of thioether (sulfide) groups is 1. The van der Waals surface area contributed by atoms with Crippen LogP contribution in [0.4, 0.5) is 4.79 Å². The molecule has 0 aliphatic heterocycles. The Bertz CT molecular complexity index is 646. The molecule has 0 radical (unpaired) electrons. The van der Waals surface area contributed by atoms with Crippen molar-refractivity contribution in [2.45, 2.75) is 51.3 Å². The highest BCUT2D eigenvalue weighted by Gasteiger charge is 2.28. The molecule has 2 atom stereocenters. The lowest BCUT2D eigenvalue weighted by molar-refractivity contribution is -0.145. The van der Waals surface area contributed by atoms with Gasteiger partial charge in [-0.15, -0.1) is 0 Å². The monoisotopic (exact) mass is 410 g/mol. The Morgan fingerprint density at radius 2 is 1.71 bits per heavy atom. The largest absolute Gasteiger partial charge is 0.467 e. The summed E-state index contributed by atoms with van der Waals surface area (Å²) in [6, 6.07) is 7.66. The Morgan fingerprint density at radius 1 is 1.07 bits per heavy atom. The zero-order valence-electron chi connectivity index (χ0n) is 17.1. The van der Waals surface area contributed by atoms with Gasteiger partial charge in [0.05, 0.1) is 7.11 Å². The van der Waals surface area contributed by atoms with Gasteiger partial charge in [-0.1, -0.05) is 30.3 Å². The van der Waals surface area contributed by atoms with E-state index in [1.165, 1.54) is 7.11 Å². The summed E-state index contributed by atoms with van der Waals surface area (Å²) < 4.78 is 10.1. The maximum absolute atomic E-state index is 12.8. The lowest BCUT2D eigenvalue weighted by Gasteiger charge is -2.24. The van der Waals surface area contributed by atoms with E-state index in [0.29, 0.717) is 18.6 Å². The normalized spacial score (nSPS) is 13.2. The van der Waals surface area contributed by atoms with E-state index in [-0.39, 0.29) is 0 Å². The zero-order valence-corrected chi connectivity index (χ0v) is 17.9. The van der Waals surface area contributed by atoms with E-state index in [1.807, 2.05) is 36.6 Å². The summed E-state index contributed by atoms with van der Waals surface area (Å²) >= 11 is 1.56. The molecule has 1 rings (SSSR count). The van der Waals surface area contributed by atoms with Crippen LogP contribution >= 0.6 is 11.8 Å². The molecule has 28 heavy (non-hydrogen) atoms. The molecule has 0 unspecified atom stereocenters. The molecule has 0 saturated heterocycles. The van der Waals surface area contributed by atoms with Gasteiger partial charge in [-0.05, 0) is 44.8 Å². The minimum atomic E-state index is -0.850. The highest BCUT2D eigenvalue weighted by molar-refractivity contribution is 7.98. The summed E-state index contributed by atoms with van der Waals surface area (Å²) in [6.45, 7) is 5.24. The highest BCUT2D eigenvalue weighted by atomic mass is 32.2. The molecule has 0 aromatic heterocycles. The van der Waals surface area contributed by atoms with E-state index in [9.17, 15) is 14.4 Å². The number of ether oxygens (including phenoxy) is 2. The third-order valence-electron chi connectivity index (χ3n) is 3.70. The van der Waals surface area contributed by atoms with Gasteiger partial charge in [-0.3, -0.25) is 4.79 Å². The number of carbonyl (C=O) groups is 3. The number of hydrogen-bond acceptors (Lipinski definition) is 6. The third-order valence-corrected chi connectivity index (χ3v) is 4.35. The van der Waals surface area contributed by atoms with E-state index in [4.69, 9.17) is 9.47 Å². The van der Waals surface area contributed by atoms with Gasteiger partial charge in [0, 0.05) is 6.42 Å². The van der Waals surface area contributed by atoms with Gasteiger partial charge in [0.25, 0.3) is 0 Å². The smallest absolute Gasteiger partial charge is 0.408 e. The molecule has 1 aromatic rings. The maximum atomic E-state index is 12.8. The quantitative estimate of drug-likeness (QED) is 0.608. The van der Waals surface area contributed by atoms with Gasteiger partial charge in [0.2, 0.25) is 5.91 Å². The Labute approximate surface area is 170 Å². The van der Waals surface area contributed by atoms with Crippen LogP contribution in [0, 0.1) is 0 Å². The molecular weight excluding hydrogens is 380 g/mol. The Morgan fingerprint density at radius 3 is 2.25 bits per heavy atom.